The van der Waals surface area contributed by atoms with Gasteiger partial charge in [-0.25, -0.2) is 0 Å². The van der Waals surface area contributed by atoms with Crippen molar-refractivity contribution in [1.82, 2.24) is 14.7 Å². The molecular formula is C13H19N3O3. The Morgan fingerprint density at radius 3 is 2.79 bits per heavy atom. The minimum Gasteiger partial charge on any atom is -0.481 e. The number of carboxylic acids is 1. The lowest BCUT2D eigenvalue weighted by atomic mass is 9.99. The molecule has 1 N–H and O–H groups in total. The van der Waals surface area contributed by atoms with Crippen LogP contribution in [0.3, 0.4) is 0 Å². The van der Waals surface area contributed by atoms with E-state index in [2.05, 4.69) is 5.10 Å². The Hall–Kier alpha value is -1.85. The van der Waals surface area contributed by atoms with E-state index in [0.717, 1.165) is 25.0 Å². The first-order valence-electron chi connectivity index (χ1n) is 6.52. The van der Waals surface area contributed by atoms with Crippen molar-refractivity contribution in [2.24, 2.45) is 7.05 Å². The van der Waals surface area contributed by atoms with E-state index in [9.17, 15) is 9.59 Å². The summed E-state index contributed by atoms with van der Waals surface area (Å²) in [4.78, 5) is 25.0. The zero-order valence-electron chi connectivity index (χ0n) is 11.3. The molecule has 1 fully saturated rings. The third kappa shape index (κ3) is 2.94. The number of aromatic nitrogens is 2. The van der Waals surface area contributed by atoms with Gasteiger partial charge in [-0.2, -0.15) is 5.10 Å². The van der Waals surface area contributed by atoms with Crippen molar-refractivity contribution in [2.45, 2.75) is 38.6 Å². The molecule has 1 aromatic rings. The topological polar surface area (TPSA) is 75.4 Å². The minimum absolute atomic E-state index is 0.0115. The molecule has 6 nitrogen and oxygen atoms in total. The van der Waals surface area contributed by atoms with Gasteiger partial charge in [-0.05, 0) is 32.3 Å². The average molecular weight is 265 g/mol. The summed E-state index contributed by atoms with van der Waals surface area (Å²) in [5, 5.41) is 13.1. The van der Waals surface area contributed by atoms with Crippen LogP contribution in [0.25, 0.3) is 0 Å². The van der Waals surface area contributed by atoms with Gasteiger partial charge in [0.15, 0.2) is 5.69 Å². The van der Waals surface area contributed by atoms with E-state index < -0.39 is 5.97 Å². The molecule has 1 saturated heterocycles. The first-order chi connectivity index (χ1) is 8.99. The molecule has 19 heavy (non-hydrogen) atoms. The zero-order chi connectivity index (χ0) is 14.0. The predicted molar refractivity (Wildman–Crippen MR) is 68.9 cm³/mol. The minimum atomic E-state index is -0.859. The molecule has 0 bridgehead atoms. The number of aryl methyl sites for hydroxylation is 2. The summed E-state index contributed by atoms with van der Waals surface area (Å²) in [6.07, 6.45) is 2.66. The van der Waals surface area contributed by atoms with Crippen LogP contribution >= 0.6 is 0 Å². The number of carbonyl (C=O) groups is 2. The summed E-state index contributed by atoms with van der Waals surface area (Å²) in [7, 11) is 1.79. The van der Waals surface area contributed by atoms with Crippen LogP contribution in [0.4, 0.5) is 0 Å². The van der Waals surface area contributed by atoms with Crippen molar-refractivity contribution in [1.29, 1.82) is 0 Å². The number of likely N-dealkylation sites (tertiary alicyclic amines) is 1. The summed E-state index contributed by atoms with van der Waals surface area (Å²) >= 11 is 0. The van der Waals surface area contributed by atoms with E-state index >= 15 is 0 Å². The fourth-order valence-corrected chi connectivity index (χ4v) is 2.49. The number of carboxylic acid groups (broad SMARTS) is 1. The second kappa shape index (κ2) is 5.42. The van der Waals surface area contributed by atoms with Gasteiger partial charge in [0.25, 0.3) is 5.91 Å². The number of rotatable bonds is 3. The molecule has 0 saturated carbocycles. The lowest BCUT2D eigenvalue weighted by Gasteiger charge is -2.34. The van der Waals surface area contributed by atoms with Gasteiger partial charge in [0.05, 0.1) is 6.42 Å². The molecule has 2 rings (SSSR count). The number of amides is 1. The smallest absolute Gasteiger partial charge is 0.305 e. The standard InChI is InChI=1S/C13H19N3O3/c1-9-7-11(14-15(9)2)13(19)16-6-4-3-5-10(16)8-12(17)18/h7,10H,3-6,8H2,1-2H3,(H,17,18). The predicted octanol–water partition coefficient (Wildman–Crippen LogP) is 1.20. The van der Waals surface area contributed by atoms with E-state index in [4.69, 9.17) is 5.11 Å². The highest BCUT2D eigenvalue weighted by atomic mass is 16.4. The quantitative estimate of drug-likeness (QED) is 0.891. The zero-order valence-corrected chi connectivity index (χ0v) is 11.3. The summed E-state index contributed by atoms with van der Waals surface area (Å²) in [5.41, 5.74) is 1.31. The Labute approximate surface area is 112 Å². The number of aliphatic carboxylic acids is 1. The van der Waals surface area contributed by atoms with Crippen LogP contribution in [-0.4, -0.2) is 44.3 Å². The van der Waals surface area contributed by atoms with Crippen LogP contribution in [0.15, 0.2) is 6.07 Å². The van der Waals surface area contributed by atoms with E-state index in [0.29, 0.717) is 12.2 Å². The molecule has 6 heteroatoms. The van der Waals surface area contributed by atoms with Gasteiger partial charge < -0.3 is 10.0 Å². The largest absolute Gasteiger partial charge is 0.481 e. The number of carbonyl (C=O) groups excluding carboxylic acids is 1. The van der Waals surface area contributed by atoms with Crippen LogP contribution in [0.1, 0.15) is 41.9 Å². The van der Waals surface area contributed by atoms with Gasteiger partial charge in [0, 0.05) is 25.3 Å². The Balaban J connectivity index is 2.17. The van der Waals surface area contributed by atoms with Crippen molar-refractivity contribution in [3.05, 3.63) is 17.5 Å². The second-order valence-corrected chi connectivity index (χ2v) is 5.04. The second-order valence-electron chi connectivity index (χ2n) is 5.04. The summed E-state index contributed by atoms with van der Waals surface area (Å²) < 4.78 is 1.66. The average Bonchev–Trinajstić information content (AvgIpc) is 2.69. The number of hydrogen-bond donors (Lipinski definition) is 1. The van der Waals surface area contributed by atoms with Gasteiger partial charge in [-0.1, -0.05) is 0 Å². The lowest BCUT2D eigenvalue weighted by molar-refractivity contribution is -0.138. The maximum atomic E-state index is 12.4. The molecular weight excluding hydrogens is 246 g/mol. The molecule has 104 valence electrons. The molecule has 1 aromatic heterocycles. The lowest BCUT2D eigenvalue weighted by Crippen LogP contribution is -2.44. The number of hydrogen-bond acceptors (Lipinski definition) is 3. The van der Waals surface area contributed by atoms with E-state index in [1.54, 1.807) is 22.7 Å². The molecule has 2 heterocycles. The summed E-state index contributed by atoms with van der Waals surface area (Å²) in [6, 6.07) is 1.54. The van der Waals surface area contributed by atoms with Gasteiger partial charge in [-0.15, -0.1) is 0 Å². The van der Waals surface area contributed by atoms with Crippen molar-refractivity contribution in [3.63, 3.8) is 0 Å². The number of nitrogens with zero attached hydrogens (tertiary/aromatic N) is 3. The molecule has 0 aromatic carbocycles. The van der Waals surface area contributed by atoms with E-state index in [1.165, 1.54) is 0 Å². The SMILES string of the molecule is Cc1cc(C(=O)N2CCCCC2CC(=O)O)nn1C. The molecule has 0 spiro atoms. The van der Waals surface area contributed by atoms with Crippen LogP contribution in [0.5, 0.6) is 0 Å². The van der Waals surface area contributed by atoms with Gasteiger partial charge in [-0.3, -0.25) is 14.3 Å². The van der Waals surface area contributed by atoms with Crippen LogP contribution in [0, 0.1) is 6.92 Å². The highest BCUT2D eigenvalue weighted by Gasteiger charge is 2.30. The monoisotopic (exact) mass is 265 g/mol. The van der Waals surface area contributed by atoms with E-state index in [-0.39, 0.29) is 18.4 Å². The molecule has 1 amide bonds. The summed E-state index contributed by atoms with van der Waals surface area (Å²) in [6.45, 7) is 2.50. The molecule has 0 radical (unpaired) electrons. The third-order valence-electron chi connectivity index (χ3n) is 3.63. The Morgan fingerprint density at radius 1 is 1.47 bits per heavy atom. The molecule has 1 atom stereocenters. The van der Waals surface area contributed by atoms with Crippen LogP contribution in [0.2, 0.25) is 0 Å². The van der Waals surface area contributed by atoms with Gasteiger partial charge in [0.2, 0.25) is 0 Å². The third-order valence-corrected chi connectivity index (χ3v) is 3.63. The molecule has 1 unspecified atom stereocenters. The number of piperidine rings is 1. The van der Waals surface area contributed by atoms with E-state index in [1.807, 2.05) is 6.92 Å². The normalized spacial score (nSPS) is 19.5. The summed E-state index contributed by atoms with van der Waals surface area (Å²) in [5.74, 6) is -1.02. The molecule has 0 aliphatic carbocycles. The highest BCUT2D eigenvalue weighted by molar-refractivity contribution is 5.93. The Kier molecular flexibility index (Phi) is 3.87. The van der Waals surface area contributed by atoms with Crippen molar-refractivity contribution in [2.75, 3.05) is 6.54 Å². The first-order valence-corrected chi connectivity index (χ1v) is 6.52. The Bertz CT molecular complexity index is 476. The highest BCUT2D eigenvalue weighted by Crippen LogP contribution is 2.21. The maximum absolute atomic E-state index is 12.4. The first kappa shape index (κ1) is 13.6. The fourth-order valence-electron chi connectivity index (χ4n) is 2.49. The molecule has 1 aliphatic heterocycles. The van der Waals surface area contributed by atoms with Crippen LogP contribution in [-0.2, 0) is 11.8 Å². The van der Waals surface area contributed by atoms with Crippen molar-refractivity contribution >= 4 is 11.9 Å². The molecule has 1 aliphatic rings. The Morgan fingerprint density at radius 2 is 2.21 bits per heavy atom. The fraction of sp³-hybridized carbons (Fsp3) is 0.615. The van der Waals surface area contributed by atoms with Crippen LogP contribution < -0.4 is 0 Å². The van der Waals surface area contributed by atoms with Gasteiger partial charge in [0.1, 0.15) is 0 Å². The van der Waals surface area contributed by atoms with Crippen molar-refractivity contribution in [3.8, 4) is 0 Å². The maximum Gasteiger partial charge on any atom is 0.305 e. The van der Waals surface area contributed by atoms with Crippen molar-refractivity contribution < 1.29 is 14.7 Å². The van der Waals surface area contributed by atoms with Gasteiger partial charge >= 0.3 is 5.97 Å².